The fourth-order valence-corrected chi connectivity index (χ4v) is 6.00. The summed E-state index contributed by atoms with van der Waals surface area (Å²) < 4.78 is 7.63. The Morgan fingerprint density at radius 2 is 1.34 bits per heavy atom. The number of carbonyl (C=O) groups is 2. The molecule has 0 radical (unpaired) electrons. The zero-order valence-electron chi connectivity index (χ0n) is 30.0. The van der Waals surface area contributed by atoms with Gasteiger partial charge in [-0.25, -0.2) is 19.5 Å². The van der Waals surface area contributed by atoms with E-state index in [1.54, 1.807) is 48.5 Å². The molecule has 0 unspecified atom stereocenters. The second-order valence-electron chi connectivity index (χ2n) is 12.4. The Labute approximate surface area is 324 Å². The van der Waals surface area contributed by atoms with Crippen LogP contribution in [0.2, 0.25) is 5.15 Å². The van der Waals surface area contributed by atoms with Crippen molar-refractivity contribution < 1.29 is 44.8 Å². The monoisotopic (exact) mass is 784 g/mol. The maximum Gasteiger partial charge on any atom is 0.338 e. The standard InChI is InChI=1S/C38H37ClN8O9/c1-2-3-8-34-40-35(39)33(24-54-38(49)30-19-13-27(14-20-30)23-56-47(52)53)44(34)21-25-9-15-28(16-10-25)31-6-4-5-7-32(31)36-41-43-45(42-36)37(48)29-17-11-26(12-18-29)22-55-46(50)51/h4-7,9-20,50-53H,2-3,8,21-24H2,1H3. The number of rotatable bonds is 17. The van der Waals surface area contributed by atoms with Crippen molar-refractivity contribution in [3.8, 4) is 22.5 Å². The number of nitrogens with zero attached hydrogens (tertiary/aromatic N) is 8. The summed E-state index contributed by atoms with van der Waals surface area (Å²) in [7, 11) is 0. The molecule has 0 aliphatic heterocycles. The molecule has 2 aromatic heterocycles. The molecule has 0 atom stereocenters. The normalized spacial score (nSPS) is 11.4. The summed E-state index contributed by atoms with van der Waals surface area (Å²) in [6.45, 7) is 2.18. The summed E-state index contributed by atoms with van der Waals surface area (Å²) in [5.41, 5.74) is 5.67. The summed E-state index contributed by atoms with van der Waals surface area (Å²) in [6.07, 6.45) is 2.53. The first kappa shape index (κ1) is 39.9. The van der Waals surface area contributed by atoms with E-state index >= 15 is 0 Å². The number of carbonyl (C=O) groups excluding carboxylic acids is 2. The highest BCUT2D eigenvalue weighted by molar-refractivity contribution is 6.30. The van der Waals surface area contributed by atoms with Gasteiger partial charge in [0.05, 0.1) is 35.3 Å². The van der Waals surface area contributed by atoms with Crippen molar-refractivity contribution in [3.63, 3.8) is 0 Å². The maximum absolute atomic E-state index is 13.1. The number of tetrazole rings is 1. The van der Waals surface area contributed by atoms with Gasteiger partial charge in [-0.05, 0) is 63.7 Å². The zero-order valence-corrected chi connectivity index (χ0v) is 30.7. The maximum atomic E-state index is 13.1. The first-order valence-corrected chi connectivity index (χ1v) is 17.7. The van der Waals surface area contributed by atoms with E-state index in [1.807, 2.05) is 53.1 Å². The molecule has 0 spiro atoms. The molecule has 0 bridgehead atoms. The van der Waals surface area contributed by atoms with E-state index in [0.717, 1.165) is 40.2 Å². The molecule has 6 aromatic rings. The van der Waals surface area contributed by atoms with Gasteiger partial charge in [0, 0.05) is 24.1 Å². The Morgan fingerprint density at radius 3 is 1.95 bits per heavy atom. The number of esters is 1. The Hall–Kier alpha value is -5.73. The molecule has 56 heavy (non-hydrogen) atoms. The predicted molar refractivity (Wildman–Crippen MR) is 196 cm³/mol. The molecule has 17 nitrogen and oxygen atoms in total. The van der Waals surface area contributed by atoms with Crippen molar-refractivity contribution in [2.75, 3.05) is 0 Å². The van der Waals surface area contributed by atoms with Crippen LogP contribution in [0.1, 0.15) is 68.7 Å². The second kappa shape index (κ2) is 18.7. The first-order valence-electron chi connectivity index (χ1n) is 17.3. The SMILES string of the molecule is CCCCc1nc(Cl)c(COC(=O)c2ccc(CON(O)O)cc2)n1Cc1ccc(-c2ccccc2-c2nnn(C(=O)c3ccc(CON(O)O)cc3)n2)cc1. The van der Waals surface area contributed by atoms with Crippen molar-refractivity contribution >= 4 is 23.5 Å². The van der Waals surface area contributed by atoms with Gasteiger partial charge in [-0.1, -0.05) is 103 Å². The third-order valence-electron chi connectivity index (χ3n) is 8.65. The van der Waals surface area contributed by atoms with Gasteiger partial charge in [0.25, 0.3) is 5.91 Å². The molecule has 4 N–H and O–H groups in total. The van der Waals surface area contributed by atoms with E-state index in [4.69, 9.17) is 37.2 Å². The van der Waals surface area contributed by atoms with Crippen molar-refractivity contribution in [2.24, 2.45) is 0 Å². The van der Waals surface area contributed by atoms with Crippen LogP contribution in [0.3, 0.4) is 0 Å². The van der Waals surface area contributed by atoms with Crippen molar-refractivity contribution in [3.05, 3.63) is 142 Å². The van der Waals surface area contributed by atoms with Gasteiger partial charge < -0.3 is 9.30 Å². The lowest BCUT2D eigenvalue weighted by Gasteiger charge is -2.14. The number of imidazole rings is 1. The average Bonchev–Trinajstić information content (AvgIpc) is 3.82. The minimum Gasteiger partial charge on any atom is -0.456 e. The fourth-order valence-electron chi connectivity index (χ4n) is 5.74. The molecule has 0 aliphatic carbocycles. The van der Waals surface area contributed by atoms with Crippen LogP contribution in [0.25, 0.3) is 22.5 Å². The lowest BCUT2D eigenvalue weighted by Crippen LogP contribution is -2.16. The number of benzene rings is 4. The summed E-state index contributed by atoms with van der Waals surface area (Å²) in [5.74, 6) is -0.0376. The van der Waals surface area contributed by atoms with Gasteiger partial charge in [0.1, 0.15) is 12.4 Å². The molecule has 4 aromatic carbocycles. The Kier molecular flexibility index (Phi) is 13.4. The van der Waals surface area contributed by atoms with Gasteiger partial charge in [-0.15, -0.1) is 10.2 Å². The minimum atomic E-state index is -0.565. The van der Waals surface area contributed by atoms with E-state index in [0.29, 0.717) is 46.5 Å². The summed E-state index contributed by atoms with van der Waals surface area (Å²) in [4.78, 5) is 40.8. The lowest BCUT2D eigenvalue weighted by atomic mass is 9.98. The fraction of sp³-hybridized carbons (Fsp3) is 0.211. The summed E-state index contributed by atoms with van der Waals surface area (Å²) in [5, 5.41) is 47.0. The highest BCUT2D eigenvalue weighted by Gasteiger charge is 2.20. The zero-order chi connectivity index (χ0) is 39.6. The number of hydrogen-bond acceptors (Lipinski definition) is 15. The molecule has 0 saturated carbocycles. The lowest BCUT2D eigenvalue weighted by molar-refractivity contribution is -0.497. The third kappa shape index (κ3) is 10.1. The van der Waals surface area contributed by atoms with Crippen LogP contribution in [0.4, 0.5) is 0 Å². The summed E-state index contributed by atoms with van der Waals surface area (Å²) in [6, 6.07) is 28.0. The number of ether oxygens (including phenoxy) is 1. The highest BCUT2D eigenvalue weighted by atomic mass is 35.5. The molecule has 0 fully saturated rings. The van der Waals surface area contributed by atoms with Crippen LogP contribution in [-0.2, 0) is 47.2 Å². The number of unbranched alkanes of at least 4 members (excludes halogenated alkanes) is 1. The Balaban J connectivity index is 1.16. The van der Waals surface area contributed by atoms with E-state index in [9.17, 15) is 9.59 Å². The van der Waals surface area contributed by atoms with Gasteiger partial charge in [-0.3, -0.25) is 25.6 Å². The van der Waals surface area contributed by atoms with Crippen LogP contribution in [0.5, 0.6) is 0 Å². The molecular weight excluding hydrogens is 748 g/mol. The number of aryl methyl sites for hydroxylation is 1. The Morgan fingerprint density at radius 1 is 0.750 bits per heavy atom. The van der Waals surface area contributed by atoms with Crippen LogP contribution >= 0.6 is 11.6 Å². The third-order valence-corrected chi connectivity index (χ3v) is 8.95. The smallest absolute Gasteiger partial charge is 0.338 e. The second-order valence-corrected chi connectivity index (χ2v) is 12.8. The highest BCUT2D eigenvalue weighted by Crippen LogP contribution is 2.31. The van der Waals surface area contributed by atoms with E-state index in [2.05, 4.69) is 37.0 Å². The molecule has 18 heteroatoms. The van der Waals surface area contributed by atoms with Crippen molar-refractivity contribution in [2.45, 2.75) is 52.6 Å². The van der Waals surface area contributed by atoms with Gasteiger partial charge in [0.15, 0.2) is 5.15 Å². The molecule has 290 valence electrons. The largest absolute Gasteiger partial charge is 0.456 e. The average molecular weight is 785 g/mol. The molecule has 0 aliphatic rings. The van der Waals surface area contributed by atoms with E-state index in [-0.39, 0.29) is 41.6 Å². The quantitative estimate of drug-likeness (QED) is 0.0589. The molecular formula is C38H37ClN8O9. The number of aromatic nitrogens is 6. The van der Waals surface area contributed by atoms with Gasteiger partial charge in [-0.2, -0.15) is 0 Å². The van der Waals surface area contributed by atoms with Crippen LogP contribution < -0.4 is 0 Å². The van der Waals surface area contributed by atoms with Gasteiger partial charge >= 0.3 is 5.97 Å². The van der Waals surface area contributed by atoms with Gasteiger partial charge in [0.2, 0.25) is 5.82 Å². The summed E-state index contributed by atoms with van der Waals surface area (Å²) >= 11 is 6.63. The van der Waals surface area contributed by atoms with Crippen molar-refractivity contribution in [1.29, 1.82) is 0 Å². The van der Waals surface area contributed by atoms with E-state index < -0.39 is 11.9 Å². The topological polar surface area (TPSA) is 211 Å². The van der Waals surface area contributed by atoms with Crippen LogP contribution in [0, 0.1) is 0 Å². The van der Waals surface area contributed by atoms with Crippen LogP contribution in [-0.4, -0.2) is 73.2 Å². The van der Waals surface area contributed by atoms with E-state index in [1.165, 1.54) is 0 Å². The Bertz CT molecular complexity index is 2240. The van der Waals surface area contributed by atoms with Crippen molar-refractivity contribution in [1.82, 2.24) is 40.5 Å². The predicted octanol–water partition coefficient (Wildman–Crippen LogP) is 6.32. The number of halogens is 1. The number of hydrogen-bond donors (Lipinski definition) is 4. The molecule has 0 saturated heterocycles. The first-order chi connectivity index (χ1) is 27.1. The molecule has 0 amide bonds. The van der Waals surface area contributed by atoms with Crippen LogP contribution in [0.15, 0.2) is 97.1 Å². The molecule has 6 rings (SSSR count). The molecule has 2 heterocycles. The minimum absolute atomic E-state index is 0.108.